The number of hydrogen-bond acceptors (Lipinski definition) is 5. The molecule has 1 atom stereocenters. The number of fused-ring (bicyclic) bond motifs is 1. The summed E-state index contributed by atoms with van der Waals surface area (Å²) in [5.41, 5.74) is 1.72. The van der Waals surface area contributed by atoms with Crippen LogP contribution in [0.15, 0.2) is 18.2 Å². The molecule has 1 fully saturated rings. The molecule has 1 amide bonds. The largest absolute Gasteiger partial charge is 0.452 e. The van der Waals surface area contributed by atoms with E-state index in [2.05, 4.69) is 0 Å². The van der Waals surface area contributed by atoms with Gasteiger partial charge in [-0.15, -0.1) is 0 Å². The standard InChI is InChI=1S/C17H22N2O5S/c1-12-9-14-10-13(5-6-15(14)19(12)25(2,22)23)17(21)24-11-16(20)18-7-3-4-8-18/h5-6,10,12H,3-4,7-9,11H2,1-2H3/t12-/m1/s1. The Balaban J connectivity index is 1.69. The predicted octanol–water partition coefficient (Wildman–Crippen LogP) is 1.18. The molecule has 0 aliphatic carbocycles. The van der Waals surface area contributed by atoms with E-state index in [1.165, 1.54) is 16.6 Å². The van der Waals surface area contributed by atoms with Gasteiger partial charge in [0, 0.05) is 19.1 Å². The highest BCUT2D eigenvalue weighted by atomic mass is 32.2. The smallest absolute Gasteiger partial charge is 0.338 e. The summed E-state index contributed by atoms with van der Waals surface area (Å²) in [6.07, 6.45) is 3.68. The monoisotopic (exact) mass is 366 g/mol. The van der Waals surface area contributed by atoms with Gasteiger partial charge in [-0.3, -0.25) is 9.10 Å². The maximum absolute atomic E-state index is 12.2. The summed E-state index contributed by atoms with van der Waals surface area (Å²) in [4.78, 5) is 25.8. The number of sulfonamides is 1. The number of esters is 1. The van der Waals surface area contributed by atoms with Crippen molar-refractivity contribution < 1.29 is 22.7 Å². The van der Waals surface area contributed by atoms with Crippen molar-refractivity contribution in [1.29, 1.82) is 0 Å². The second-order valence-corrected chi connectivity index (χ2v) is 8.48. The van der Waals surface area contributed by atoms with E-state index >= 15 is 0 Å². The average molecular weight is 366 g/mol. The Labute approximate surface area is 147 Å². The second-order valence-electron chi connectivity index (χ2n) is 6.62. The third-order valence-corrected chi connectivity index (χ3v) is 5.88. The fourth-order valence-corrected chi connectivity index (χ4v) is 4.77. The SMILES string of the molecule is C[C@@H]1Cc2cc(C(=O)OCC(=O)N3CCCC3)ccc2N1S(C)(=O)=O. The van der Waals surface area contributed by atoms with Crippen LogP contribution in [0.1, 0.15) is 35.7 Å². The maximum atomic E-state index is 12.2. The van der Waals surface area contributed by atoms with Crippen molar-refractivity contribution in [2.24, 2.45) is 0 Å². The Morgan fingerprint density at radius 1 is 1.24 bits per heavy atom. The van der Waals surface area contributed by atoms with E-state index in [4.69, 9.17) is 4.74 Å². The normalized spacial score (nSPS) is 19.8. The lowest BCUT2D eigenvalue weighted by molar-refractivity contribution is -0.133. The minimum atomic E-state index is -3.36. The Morgan fingerprint density at radius 3 is 2.56 bits per heavy atom. The van der Waals surface area contributed by atoms with E-state index in [0.717, 1.165) is 18.4 Å². The number of rotatable bonds is 4. The lowest BCUT2D eigenvalue weighted by atomic mass is 10.1. The number of benzene rings is 1. The summed E-state index contributed by atoms with van der Waals surface area (Å²) >= 11 is 0. The minimum Gasteiger partial charge on any atom is -0.452 e. The molecular formula is C17H22N2O5S. The molecule has 1 aromatic carbocycles. The lowest BCUT2D eigenvalue weighted by Crippen LogP contribution is -2.34. The molecule has 0 spiro atoms. The molecule has 3 rings (SSSR count). The van der Waals surface area contributed by atoms with E-state index in [0.29, 0.717) is 30.8 Å². The second kappa shape index (κ2) is 6.67. The third kappa shape index (κ3) is 3.63. The van der Waals surface area contributed by atoms with Gasteiger partial charge in [0.05, 0.1) is 17.5 Å². The molecule has 8 heteroatoms. The van der Waals surface area contributed by atoms with E-state index in [1.54, 1.807) is 17.0 Å². The minimum absolute atomic E-state index is 0.177. The van der Waals surface area contributed by atoms with Gasteiger partial charge in [-0.25, -0.2) is 13.2 Å². The van der Waals surface area contributed by atoms with Crippen LogP contribution in [0.5, 0.6) is 0 Å². The zero-order valence-corrected chi connectivity index (χ0v) is 15.2. The molecule has 0 radical (unpaired) electrons. The summed E-state index contributed by atoms with van der Waals surface area (Å²) < 4.78 is 30.3. The average Bonchev–Trinajstić information content (AvgIpc) is 3.17. The predicted molar refractivity (Wildman–Crippen MR) is 93.0 cm³/mol. The van der Waals surface area contributed by atoms with Crippen molar-refractivity contribution in [2.45, 2.75) is 32.2 Å². The van der Waals surface area contributed by atoms with Crippen LogP contribution in [0.4, 0.5) is 5.69 Å². The van der Waals surface area contributed by atoms with Gasteiger partial charge in [-0.2, -0.15) is 0 Å². The lowest BCUT2D eigenvalue weighted by Gasteiger charge is -2.21. The van der Waals surface area contributed by atoms with Crippen molar-refractivity contribution >= 4 is 27.6 Å². The van der Waals surface area contributed by atoms with Crippen LogP contribution >= 0.6 is 0 Å². The van der Waals surface area contributed by atoms with Gasteiger partial charge in [0.1, 0.15) is 0 Å². The fourth-order valence-electron chi connectivity index (χ4n) is 3.50. The van der Waals surface area contributed by atoms with Gasteiger partial charge in [0.2, 0.25) is 10.0 Å². The van der Waals surface area contributed by atoms with Gasteiger partial charge in [-0.05, 0) is 49.9 Å². The molecular weight excluding hydrogens is 344 g/mol. The van der Waals surface area contributed by atoms with Crippen molar-refractivity contribution in [1.82, 2.24) is 4.90 Å². The Morgan fingerprint density at radius 2 is 1.92 bits per heavy atom. The van der Waals surface area contributed by atoms with Crippen molar-refractivity contribution in [2.75, 3.05) is 30.3 Å². The molecule has 2 aliphatic rings. The third-order valence-electron chi connectivity index (χ3n) is 4.61. The molecule has 0 bridgehead atoms. The number of carbonyl (C=O) groups excluding carboxylic acids is 2. The van der Waals surface area contributed by atoms with Gasteiger partial charge in [-0.1, -0.05) is 0 Å². The number of anilines is 1. The molecule has 0 N–H and O–H groups in total. The summed E-state index contributed by atoms with van der Waals surface area (Å²) in [5.74, 6) is -0.746. The maximum Gasteiger partial charge on any atom is 0.338 e. The molecule has 2 heterocycles. The van der Waals surface area contributed by atoms with E-state index < -0.39 is 16.0 Å². The first kappa shape index (κ1) is 17.7. The Bertz CT molecular complexity index is 799. The van der Waals surface area contributed by atoms with E-state index in [9.17, 15) is 18.0 Å². The number of nitrogens with zero attached hydrogens (tertiary/aromatic N) is 2. The molecule has 1 aromatic rings. The van der Waals surface area contributed by atoms with Crippen molar-refractivity contribution in [3.63, 3.8) is 0 Å². The number of carbonyl (C=O) groups is 2. The van der Waals surface area contributed by atoms with Crippen LogP contribution in [0.3, 0.4) is 0 Å². The fraction of sp³-hybridized carbons (Fsp3) is 0.529. The zero-order chi connectivity index (χ0) is 18.2. The number of ether oxygens (including phenoxy) is 1. The van der Waals surface area contributed by atoms with Crippen LogP contribution in [-0.2, 0) is 26.0 Å². The molecule has 136 valence electrons. The van der Waals surface area contributed by atoms with Crippen molar-refractivity contribution in [3.8, 4) is 0 Å². The van der Waals surface area contributed by atoms with E-state index in [1.807, 2.05) is 6.92 Å². The molecule has 0 aromatic heterocycles. The summed E-state index contributed by atoms with van der Waals surface area (Å²) in [6.45, 7) is 3.00. The Kier molecular flexibility index (Phi) is 4.73. The highest BCUT2D eigenvalue weighted by molar-refractivity contribution is 7.92. The number of likely N-dealkylation sites (tertiary alicyclic amines) is 1. The van der Waals surface area contributed by atoms with Gasteiger partial charge in [0.25, 0.3) is 5.91 Å². The van der Waals surface area contributed by atoms with E-state index in [-0.39, 0.29) is 18.6 Å². The summed E-state index contributed by atoms with van der Waals surface area (Å²) in [6, 6.07) is 4.63. The Hall–Kier alpha value is -2.09. The quantitative estimate of drug-likeness (QED) is 0.747. The van der Waals surface area contributed by atoms with Crippen LogP contribution in [0.2, 0.25) is 0 Å². The van der Waals surface area contributed by atoms with Gasteiger partial charge < -0.3 is 9.64 Å². The van der Waals surface area contributed by atoms with Crippen molar-refractivity contribution in [3.05, 3.63) is 29.3 Å². The van der Waals surface area contributed by atoms with Gasteiger partial charge >= 0.3 is 5.97 Å². The summed E-state index contributed by atoms with van der Waals surface area (Å²) in [5, 5.41) is 0. The highest BCUT2D eigenvalue weighted by Gasteiger charge is 2.33. The molecule has 1 saturated heterocycles. The number of amides is 1. The highest BCUT2D eigenvalue weighted by Crippen LogP contribution is 2.34. The van der Waals surface area contributed by atoms with Crippen LogP contribution in [-0.4, -0.2) is 57.2 Å². The molecule has 0 unspecified atom stereocenters. The molecule has 7 nitrogen and oxygen atoms in total. The first-order valence-corrected chi connectivity index (χ1v) is 10.2. The molecule has 0 saturated carbocycles. The number of hydrogen-bond donors (Lipinski definition) is 0. The first-order valence-electron chi connectivity index (χ1n) is 8.34. The topological polar surface area (TPSA) is 84.0 Å². The summed E-state index contributed by atoms with van der Waals surface area (Å²) in [7, 11) is -3.36. The van der Waals surface area contributed by atoms with Crippen LogP contribution in [0.25, 0.3) is 0 Å². The van der Waals surface area contributed by atoms with Crippen LogP contribution < -0.4 is 4.31 Å². The molecule has 25 heavy (non-hydrogen) atoms. The zero-order valence-electron chi connectivity index (χ0n) is 14.4. The molecule has 2 aliphatic heterocycles. The van der Waals surface area contributed by atoms with Crippen LogP contribution in [0, 0.1) is 0 Å². The van der Waals surface area contributed by atoms with Gasteiger partial charge in [0.15, 0.2) is 6.61 Å². The first-order chi connectivity index (χ1) is 11.8.